The molecule has 3 aromatic carbocycles. The van der Waals surface area contributed by atoms with Gasteiger partial charge in [0.1, 0.15) is 11.3 Å². The number of nitro benzene ring substituents is 1. The molecule has 1 N–H and O–H groups in total. The number of anilines is 1. The topological polar surface area (TPSA) is 129 Å². The Morgan fingerprint density at radius 2 is 1.82 bits per heavy atom. The molecule has 1 heterocycles. The number of sulfonamides is 1. The molecule has 34 heavy (non-hydrogen) atoms. The van der Waals surface area contributed by atoms with E-state index in [0.717, 1.165) is 0 Å². The lowest BCUT2D eigenvalue weighted by Crippen LogP contribution is -2.14. The molecular formula is C23H22N2O7S2. The Morgan fingerprint density at radius 1 is 1.06 bits per heavy atom. The van der Waals surface area contributed by atoms with E-state index < -0.39 is 25.7 Å². The van der Waals surface area contributed by atoms with Gasteiger partial charge < -0.3 is 9.15 Å². The first kappa shape index (κ1) is 24.9. The van der Waals surface area contributed by atoms with E-state index in [1.807, 2.05) is 0 Å². The molecule has 0 aliphatic heterocycles. The summed E-state index contributed by atoms with van der Waals surface area (Å²) in [7, 11) is -4.44. The Morgan fingerprint density at radius 3 is 2.53 bits per heavy atom. The van der Waals surface area contributed by atoms with Gasteiger partial charge in [-0.2, -0.15) is 8.42 Å². The van der Waals surface area contributed by atoms with Crippen LogP contribution in [0.3, 0.4) is 0 Å². The summed E-state index contributed by atoms with van der Waals surface area (Å²) in [5, 5.41) is 11.4. The molecule has 0 aliphatic rings. The van der Waals surface area contributed by atoms with Gasteiger partial charge in [0.05, 0.1) is 39.2 Å². The van der Waals surface area contributed by atoms with Crippen LogP contribution in [0.2, 0.25) is 0 Å². The maximum atomic E-state index is 13.1. The van der Waals surface area contributed by atoms with Crippen LogP contribution < -0.4 is 9.46 Å². The first-order chi connectivity index (χ1) is 15.8. The van der Waals surface area contributed by atoms with E-state index in [1.54, 1.807) is 36.4 Å². The summed E-state index contributed by atoms with van der Waals surface area (Å²) in [6.45, 7) is 0. The van der Waals surface area contributed by atoms with E-state index in [9.17, 15) is 22.7 Å². The monoisotopic (exact) mass is 502 g/mol. The molecule has 0 saturated heterocycles. The summed E-state index contributed by atoms with van der Waals surface area (Å²) in [4.78, 5) is 10.7. The van der Waals surface area contributed by atoms with Gasteiger partial charge in [-0.05, 0) is 23.8 Å². The number of hydrogen-bond acceptors (Lipinski definition) is 7. The van der Waals surface area contributed by atoms with Gasteiger partial charge in [0.15, 0.2) is 0 Å². The SMILES string of the molecule is C.COc1ccc(S(=O)Cc2cccc([N+](=O)[O-])c2)c(NS(=O)(=O)c2cc3ccccc3o2)c1. The molecule has 11 heteroatoms. The number of benzene rings is 3. The lowest BCUT2D eigenvalue weighted by molar-refractivity contribution is -0.384. The zero-order chi connectivity index (χ0) is 23.6. The van der Waals surface area contributed by atoms with E-state index >= 15 is 0 Å². The molecule has 4 rings (SSSR count). The highest BCUT2D eigenvalue weighted by Crippen LogP contribution is 2.31. The van der Waals surface area contributed by atoms with Crippen molar-refractivity contribution in [2.24, 2.45) is 0 Å². The second-order valence-corrected chi connectivity index (χ2v) is 10.0. The van der Waals surface area contributed by atoms with Crippen LogP contribution in [0.15, 0.2) is 87.2 Å². The van der Waals surface area contributed by atoms with E-state index in [4.69, 9.17) is 9.15 Å². The minimum Gasteiger partial charge on any atom is -0.497 e. The first-order valence-corrected chi connectivity index (χ1v) is 12.4. The second-order valence-electron chi connectivity index (χ2n) is 6.99. The molecule has 1 aromatic heterocycles. The van der Waals surface area contributed by atoms with Crippen molar-refractivity contribution in [1.29, 1.82) is 0 Å². The standard InChI is InChI=1S/C22H18N2O7S2.CH4/c1-30-18-9-10-21(32(27)14-15-5-4-7-17(11-15)24(25)26)19(13-18)23-33(28,29)22-12-16-6-2-3-8-20(16)31-22;/h2-13,23H,14H2,1H3;1H4. The van der Waals surface area contributed by atoms with E-state index in [2.05, 4.69) is 4.72 Å². The Hall–Kier alpha value is -3.70. The molecule has 9 nitrogen and oxygen atoms in total. The molecule has 1 unspecified atom stereocenters. The minimum atomic E-state index is -4.14. The van der Waals surface area contributed by atoms with E-state index in [-0.39, 0.29) is 34.5 Å². The summed E-state index contributed by atoms with van der Waals surface area (Å²) in [6.07, 6.45) is 0. The lowest BCUT2D eigenvalue weighted by Gasteiger charge is -2.13. The van der Waals surface area contributed by atoms with Crippen molar-refractivity contribution in [3.63, 3.8) is 0 Å². The highest BCUT2D eigenvalue weighted by Gasteiger charge is 2.23. The highest BCUT2D eigenvalue weighted by atomic mass is 32.2. The second kappa shape index (κ2) is 10.1. The molecule has 0 amide bonds. The molecular weight excluding hydrogens is 480 g/mol. The van der Waals surface area contributed by atoms with Crippen molar-refractivity contribution in [3.8, 4) is 5.75 Å². The average molecular weight is 503 g/mol. The van der Waals surface area contributed by atoms with Crippen molar-refractivity contribution < 1.29 is 26.7 Å². The van der Waals surface area contributed by atoms with Crippen LogP contribution in [-0.4, -0.2) is 24.7 Å². The molecule has 4 aromatic rings. The third kappa shape index (κ3) is 5.26. The fourth-order valence-corrected chi connectivity index (χ4v) is 5.51. The summed E-state index contributed by atoms with van der Waals surface area (Å²) in [6, 6.07) is 18.5. The van der Waals surface area contributed by atoms with Gasteiger partial charge >= 0.3 is 0 Å². The lowest BCUT2D eigenvalue weighted by atomic mass is 10.2. The van der Waals surface area contributed by atoms with Crippen LogP contribution in [0.4, 0.5) is 11.4 Å². The maximum Gasteiger partial charge on any atom is 0.295 e. The Bertz CT molecular complexity index is 1450. The van der Waals surface area contributed by atoms with Crippen molar-refractivity contribution in [3.05, 3.63) is 88.5 Å². The number of nitro groups is 1. The van der Waals surface area contributed by atoms with E-state index in [0.29, 0.717) is 22.3 Å². The van der Waals surface area contributed by atoms with Gasteiger partial charge in [-0.1, -0.05) is 37.8 Å². The molecule has 0 saturated carbocycles. The van der Waals surface area contributed by atoms with Gasteiger partial charge in [-0.25, -0.2) is 0 Å². The number of fused-ring (bicyclic) bond motifs is 1. The third-order valence-corrected chi connectivity index (χ3v) is 7.42. The molecule has 0 spiro atoms. The van der Waals surface area contributed by atoms with Crippen molar-refractivity contribution in [1.82, 2.24) is 0 Å². The number of nitrogens with zero attached hydrogens (tertiary/aromatic N) is 1. The minimum absolute atomic E-state index is 0. The summed E-state index contributed by atoms with van der Waals surface area (Å²) >= 11 is 0. The average Bonchev–Trinajstić information content (AvgIpc) is 3.24. The predicted octanol–water partition coefficient (Wildman–Crippen LogP) is 5.09. The van der Waals surface area contributed by atoms with Crippen LogP contribution in [0.5, 0.6) is 5.75 Å². The summed E-state index contributed by atoms with van der Waals surface area (Å²) < 4.78 is 52.2. The predicted molar refractivity (Wildman–Crippen MR) is 130 cm³/mol. The number of para-hydroxylation sites is 1. The zero-order valence-corrected chi connectivity index (χ0v) is 18.9. The van der Waals surface area contributed by atoms with Crippen molar-refractivity contribution in [2.45, 2.75) is 23.2 Å². The number of methoxy groups -OCH3 is 1. The molecule has 178 valence electrons. The van der Waals surface area contributed by atoms with Crippen LogP contribution in [0, 0.1) is 10.1 Å². The van der Waals surface area contributed by atoms with E-state index in [1.165, 1.54) is 43.5 Å². The Labute approximate surface area is 199 Å². The van der Waals surface area contributed by atoms with Crippen LogP contribution >= 0.6 is 0 Å². The fraction of sp³-hybridized carbons (Fsp3) is 0.130. The molecule has 0 radical (unpaired) electrons. The number of nitrogens with one attached hydrogen (secondary N) is 1. The van der Waals surface area contributed by atoms with Gasteiger partial charge in [0, 0.05) is 29.7 Å². The first-order valence-electron chi connectivity index (χ1n) is 9.58. The summed E-state index contributed by atoms with van der Waals surface area (Å²) in [5.41, 5.74) is 0.825. The highest BCUT2D eigenvalue weighted by molar-refractivity contribution is 7.92. The number of non-ortho nitro benzene ring substituents is 1. The smallest absolute Gasteiger partial charge is 0.295 e. The third-order valence-electron chi connectivity index (χ3n) is 4.76. The number of hydrogen-bond donors (Lipinski definition) is 1. The fourth-order valence-electron chi connectivity index (χ4n) is 3.19. The Kier molecular flexibility index (Phi) is 7.38. The van der Waals surface area contributed by atoms with Crippen LogP contribution in [-0.2, 0) is 26.6 Å². The number of rotatable bonds is 8. The van der Waals surface area contributed by atoms with Crippen molar-refractivity contribution >= 4 is 43.2 Å². The van der Waals surface area contributed by atoms with Crippen molar-refractivity contribution in [2.75, 3.05) is 11.8 Å². The maximum absolute atomic E-state index is 13.1. The Balaban J connectivity index is 0.00000324. The quantitative estimate of drug-likeness (QED) is 0.262. The molecule has 0 bridgehead atoms. The molecule has 1 atom stereocenters. The molecule has 0 aliphatic carbocycles. The largest absolute Gasteiger partial charge is 0.497 e. The van der Waals surface area contributed by atoms with Gasteiger partial charge in [0.25, 0.3) is 15.7 Å². The normalized spacial score (nSPS) is 12.0. The van der Waals surface area contributed by atoms with Crippen LogP contribution in [0.25, 0.3) is 11.0 Å². The number of furan rings is 1. The number of ether oxygens (including phenoxy) is 1. The van der Waals surface area contributed by atoms with Gasteiger partial charge in [-0.3, -0.25) is 19.0 Å². The van der Waals surface area contributed by atoms with Gasteiger partial charge in [0.2, 0.25) is 5.09 Å². The molecule has 0 fully saturated rings. The van der Waals surface area contributed by atoms with Gasteiger partial charge in [-0.15, -0.1) is 0 Å². The zero-order valence-electron chi connectivity index (χ0n) is 17.3. The van der Waals surface area contributed by atoms with Crippen LogP contribution in [0.1, 0.15) is 13.0 Å². The summed E-state index contributed by atoms with van der Waals surface area (Å²) in [5.74, 6) is 0.307.